The lowest BCUT2D eigenvalue weighted by atomic mass is 9.83. The van der Waals surface area contributed by atoms with E-state index in [4.69, 9.17) is 9.15 Å². The fraction of sp³-hybridized carbons (Fsp3) is 0.750. The van der Waals surface area contributed by atoms with Crippen LogP contribution in [0.1, 0.15) is 82.2 Å². The van der Waals surface area contributed by atoms with Crippen molar-refractivity contribution in [2.24, 2.45) is 11.8 Å². The lowest BCUT2D eigenvalue weighted by molar-refractivity contribution is -0.140. The molecule has 0 radical (unpaired) electrons. The largest absolute Gasteiger partial charge is 0.460 e. The van der Waals surface area contributed by atoms with Crippen LogP contribution in [0.5, 0.6) is 0 Å². The third-order valence-corrected chi connectivity index (χ3v) is 9.21. The molecule has 0 N–H and O–H groups in total. The van der Waals surface area contributed by atoms with Crippen LogP contribution in [0, 0.1) is 11.8 Å². The normalized spacial score (nSPS) is 25.0. The maximum atomic E-state index is 13.5. The van der Waals surface area contributed by atoms with Gasteiger partial charge in [-0.3, -0.25) is 4.79 Å². The van der Waals surface area contributed by atoms with E-state index in [-0.39, 0.29) is 42.4 Å². The van der Waals surface area contributed by atoms with E-state index in [0.29, 0.717) is 24.9 Å². The van der Waals surface area contributed by atoms with E-state index >= 15 is 0 Å². The summed E-state index contributed by atoms with van der Waals surface area (Å²) in [6, 6.07) is 3.34. The molecular weight excluding hydrogens is 444 g/mol. The molecule has 2 saturated carbocycles. The number of hydrogen-bond acceptors (Lipinski definition) is 6. The Morgan fingerprint density at radius 3 is 2.15 bits per heavy atom. The second-order valence-electron chi connectivity index (χ2n) is 9.58. The summed E-state index contributed by atoms with van der Waals surface area (Å²) in [7, 11) is -3.86. The molecule has 3 fully saturated rings. The van der Waals surface area contributed by atoms with Crippen molar-refractivity contribution in [1.29, 1.82) is 0 Å². The Balaban J connectivity index is 1.36. The molecule has 2 aliphatic carbocycles. The van der Waals surface area contributed by atoms with Gasteiger partial charge in [-0.2, -0.15) is 4.31 Å². The molecule has 1 aromatic rings. The predicted molar refractivity (Wildman–Crippen MR) is 122 cm³/mol. The monoisotopic (exact) mass is 480 g/mol. The van der Waals surface area contributed by atoms with Crippen molar-refractivity contribution in [3.63, 3.8) is 0 Å². The topological polar surface area (TPSA) is 97.1 Å². The van der Waals surface area contributed by atoms with Crippen LogP contribution in [0.25, 0.3) is 0 Å². The number of nitrogens with zero attached hydrogens (tertiary/aromatic N) is 2. The van der Waals surface area contributed by atoms with Crippen molar-refractivity contribution in [3.8, 4) is 0 Å². The summed E-state index contributed by atoms with van der Waals surface area (Å²) < 4.78 is 37.5. The van der Waals surface area contributed by atoms with E-state index in [1.54, 1.807) is 6.92 Å². The van der Waals surface area contributed by atoms with Crippen molar-refractivity contribution in [1.82, 2.24) is 9.21 Å². The van der Waals surface area contributed by atoms with Crippen LogP contribution in [-0.4, -0.2) is 61.3 Å². The molecule has 1 aromatic heterocycles. The van der Waals surface area contributed by atoms with Gasteiger partial charge < -0.3 is 14.1 Å². The molecule has 3 aliphatic rings. The highest BCUT2D eigenvalue weighted by Gasteiger charge is 2.42. The summed E-state index contributed by atoms with van der Waals surface area (Å²) in [5.74, 6) is 0.0660. The highest BCUT2D eigenvalue weighted by Crippen LogP contribution is 2.38. The fourth-order valence-corrected chi connectivity index (χ4v) is 6.68. The van der Waals surface area contributed by atoms with E-state index < -0.39 is 16.0 Å². The molecule has 0 spiro atoms. The summed E-state index contributed by atoms with van der Waals surface area (Å²) in [6.45, 7) is 4.65. The SMILES string of the molecule is CCOC(=O)c1ccc(S(=O)(=O)N2CCC(C(=O)N(C3CCC(CC)CC3)C3CC3)CC2)o1. The molecule has 1 amide bonds. The maximum absolute atomic E-state index is 13.5. The van der Waals surface area contributed by atoms with Crippen molar-refractivity contribution in [2.75, 3.05) is 19.7 Å². The van der Waals surface area contributed by atoms with Crippen LogP contribution in [0.15, 0.2) is 21.6 Å². The molecule has 33 heavy (non-hydrogen) atoms. The number of carbonyl (C=O) groups excluding carboxylic acids is 2. The number of rotatable bonds is 8. The molecule has 9 heteroatoms. The maximum Gasteiger partial charge on any atom is 0.374 e. The summed E-state index contributed by atoms with van der Waals surface area (Å²) in [6.07, 6.45) is 9.01. The smallest absolute Gasteiger partial charge is 0.374 e. The van der Waals surface area contributed by atoms with Crippen molar-refractivity contribution >= 4 is 21.9 Å². The zero-order chi connectivity index (χ0) is 23.6. The van der Waals surface area contributed by atoms with Crippen LogP contribution in [0.3, 0.4) is 0 Å². The van der Waals surface area contributed by atoms with Crippen molar-refractivity contribution in [2.45, 2.75) is 88.8 Å². The van der Waals surface area contributed by atoms with Gasteiger partial charge >= 0.3 is 5.97 Å². The average Bonchev–Trinajstić information content (AvgIpc) is 3.52. The lowest BCUT2D eigenvalue weighted by Crippen LogP contribution is -2.49. The number of esters is 1. The van der Waals surface area contributed by atoms with Gasteiger partial charge in [0.05, 0.1) is 6.61 Å². The molecule has 2 heterocycles. The second kappa shape index (κ2) is 10.2. The first-order chi connectivity index (χ1) is 15.8. The van der Waals surface area contributed by atoms with Gasteiger partial charge in [-0.15, -0.1) is 0 Å². The first kappa shape index (κ1) is 24.3. The van der Waals surface area contributed by atoms with Gasteiger partial charge in [-0.1, -0.05) is 13.3 Å². The van der Waals surface area contributed by atoms with Gasteiger partial charge in [0.15, 0.2) is 0 Å². The molecule has 1 saturated heterocycles. The van der Waals surface area contributed by atoms with E-state index in [1.807, 2.05) is 0 Å². The van der Waals surface area contributed by atoms with Crippen LogP contribution in [0.4, 0.5) is 0 Å². The summed E-state index contributed by atoms with van der Waals surface area (Å²) in [4.78, 5) is 27.5. The zero-order valence-electron chi connectivity index (χ0n) is 19.7. The molecule has 0 aromatic carbocycles. The van der Waals surface area contributed by atoms with E-state index in [0.717, 1.165) is 31.6 Å². The summed E-state index contributed by atoms with van der Waals surface area (Å²) >= 11 is 0. The highest BCUT2D eigenvalue weighted by atomic mass is 32.2. The Hall–Kier alpha value is -1.87. The number of furan rings is 1. The van der Waals surface area contributed by atoms with Crippen LogP contribution in [-0.2, 0) is 19.6 Å². The predicted octanol–water partition coefficient (Wildman–Crippen LogP) is 3.82. The van der Waals surface area contributed by atoms with Gasteiger partial charge in [-0.25, -0.2) is 13.2 Å². The van der Waals surface area contributed by atoms with Gasteiger partial charge in [0.1, 0.15) is 0 Å². The van der Waals surface area contributed by atoms with Gasteiger partial charge in [0.2, 0.25) is 16.8 Å². The minimum absolute atomic E-state index is 0.127. The molecule has 0 atom stereocenters. The number of sulfonamides is 1. The molecule has 0 bridgehead atoms. The van der Waals surface area contributed by atoms with Crippen molar-refractivity contribution in [3.05, 3.63) is 17.9 Å². The number of carbonyl (C=O) groups is 2. The minimum atomic E-state index is -3.86. The Bertz CT molecular complexity index is 938. The van der Waals surface area contributed by atoms with Crippen LogP contribution >= 0.6 is 0 Å². The summed E-state index contributed by atoms with van der Waals surface area (Å²) in [5.41, 5.74) is 0. The quantitative estimate of drug-likeness (QED) is 0.525. The Labute approximate surface area is 196 Å². The fourth-order valence-electron chi connectivity index (χ4n) is 5.29. The van der Waals surface area contributed by atoms with E-state index in [1.165, 1.54) is 35.7 Å². The Kier molecular flexibility index (Phi) is 7.48. The molecule has 4 rings (SSSR count). The number of amides is 1. The third-order valence-electron chi connectivity index (χ3n) is 7.44. The van der Waals surface area contributed by atoms with E-state index in [9.17, 15) is 18.0 Å². The minimum Gasteiger partial charge on any atom is -0.460 e. The Morgan fingerprint density at radius 1 is 1.00 bits per heavy atom. The van der Waals surface area contributed by atoms with Crippen LogP contribution < -0.4 is 0 Å². The standard InChI is InChI=1S/C24H36N2O6S/c1-3-17-5-7-19(8-6-17)26(20-9-10-20)23(27)18-13-15-25(16-14-18)33(29,30)22-12-11-21(32-22)24(28)31-4-2/h11-12,17-20H,3-10,13-16H2,1-2H3. The highest BCUT2D eigenvalue weighted by molar-refractivity contribution is 7.89. The molecule has 184 valence electrons. The first-order valence-corrected chi connectivity index (χ1v) is 13.9. The van der Waals surface area contributed by atoms with Crippen molar-refractivity contribution < 1.29 is 27.2 Å². The molecule has 8 nitrogen and oxygen atoms in total. The first-order valence-electron chi connectivity index (χ1n) is 12.4. The van der Waals surface area contributed by atoms with Gasteiger partial charge in [0.25, 0.3) is 10.0 Å². The number of ether oxygens (including phenoxy) is 1. The molecule has 0 unspecified atom stereocenters. The molecular formula is C24H36N2O6S. The third kappa shape index (κ3) is 5.29. The van der Waals surface area contributed by atoms with E-state index in [2.05, 4.69) is 11.8 Å². The number of hydrogen-bond donors (Lipinski definition) is 0. The Morgan fingerprint density at radius 2 is 1.61 bits per heavy atom. The van der Waals surface area contributed by atoms with Gasteiger partial charge in [0, 0.05) is 31.1 Å². The number of piperidine rings is 1. The second-order valence-corrected chi connectivity index (χ2v) is 11.4. The van der Waals surface area contributed by atoms with Gasteiger partial charge in [-0.05, 0) is 76.3 Å². The average molecular weight is 481 g/mol. The molecule has 1 aliphatic heterocycles. The lowest BCUT2D eigenvalue weighted by Gasteiger charge is -2.40. The van der Waals surface area contributed by atoms with Crippen LogP contribution in [0.2, 0.25) is 0 Å². The summed E-state index contributed by atoms with van der Waals surface area (Å²) in [5, 5.41) is -0.261. The zero-order valence-corrected chi connectivity index (χ0v) is 20.5.